The molecule has 0 aliphatic carbocycles. The molecule has 0 saturated carbocycles. The van der Waals surface area contributed by atoms with Crippen LogP contribution in [0, 0.1) is 10.6 Å². The molecule has 10 heteroatoms. The summed E-state index contributed by atoms with van der Waals surface area (Å²) in [6.07, 6.45) is 0. The summed E-state index contributed by atoms with van der Waals surface area (Å²) in [6.45, 7) is 8.86. The number of rotatable bonds is 7. The lowest BCUT2D eigenvalue weighted by Crippen LogP contribution is -2.46. The van der Waals surface area contributed by atoms with Crippen molar-refractivity contribution in [2.24, 2.45) is 0 Å². The first-order chi connectivity index (χ1) is 17.0. The third-order valence-corrected chi connectivity index (χ3v) is 6.51. The molecular weight excluding hydrogens is 465 g/mol. The Bertz CT molecular complexity index is 1320. The number of hydrogen-bond donors (Lipinski definition) is 0. The minimum Gasteiger partial charge on any atom is -0.338 e. The maximum atomic E-state index is 13.6. The highest BCUT2D eigenvalue weighted by atomic mass is 32.1. The monoisotopic (exact) mass is 493 g/mol. The Morgan fingerprint density at radius 2 is 1.66 bits per heavy atom. The third kappa shape index (κ3) is 5.24. The molecule has 1 saturated heterocycles. The molecule has 4 aromatic rings. The number of aromatic nitrogens is 5. The second kappa shape index (κ2) is 10.2. The van der Waals surface area contributed by atoms with Crippen LogP contribution in [0.15, 0.2) is 59.1 Å². The molecule has 1 fully saturated rings. The molecule has 1 aliphatic heterocycles. The second-order valence-corrected chi connectivity index (χ2v) is 9.39. The maximum Gasteiger partial charge on any atom is 0.240 e. The van der Waals surface area contributed by atoms with Crippen LogP contribution in [0.5, 0.6) is 0 Å². The quantitative estimate of drug-likeness (QED) is 0.351. The van der Waals surface area contributed by atoms with Gasteiger partial charge in [0.1, 0.15) is 5.82 Å². The van der Waals surface area contributed by atoms with Crippen LogP contribution in [-0.2, 0) is 13.2 Å². The van der Waals surface area contributed by atoms with Crippen molar-refractivity contribution in [3.63, 3.8) is 0 Å². The molecule has 8 nitrogen and oxygen atoms in total. The lowest BCUT2D eigenvalue weighted by molar-refractivity contribution is 0.0909. The van der Waals surface area contributed by atoms with Gasteiger partial charge in [0.15, 0.2) is 11.6 Å². The summed E-state index contributed by atoms with van der Waals surface area (Å²) >= 11 is 5.83. The van der Waals surface area contributed by atoms with Crippen LogP contribution in [0.1, 0.15) is 31.5 Å². The molecular formula is C25H28FN7OS. The van der Waals surface area contributed by atoms with E-state index in [4.69, 9.17) is 21.8 Å². The van der Waals surface area contributed by atoms with E-state index in [9.17, 15) is 4.39 Å². The van der Waals surface area contributed by atoms with E-state index in [0.29, 0.717) is 23.9 Å². The Morgan fingerprint density at radius 1 is 0.971 bits per heavy atom. The minimum absolute atomic E-state index is 0.254. The van der Waals surface area contributed by atoms with Gasteiger partial charge in [-0.25, -0.2) is 9.07 Å². The van der Waals surface area contributed by atoms with E-state index in [2.05, 4.69) is 33.8 Å². The molecule has 3 heterocycles. The Balaban J connectivity index is 1.31. The fourth-order valence-electron chi connectivity index (χ4n) is 4.13. The zero-order valence-corrected chi connectivity index (χ0v) is 20.7. The first-order valence-corrected chi connectivity index (χ1v) is 12.2. The molecule has 182 valence electrons. The van der Waals surface area contributed by atoms with Crippen molar-refractivity contribution in [1.82, 2.24) is 34.3 Å². The smallest absolute Gasteiger partial charge is 0.240 e. The van der Waals surface area contributed by atoms with Gasteiger partial charge in [0.25, 0.3) is 0 Å². The second-order valence-electron chi connectivity index (χ2n) is 9.02. The van der Waals surface area contributed by atoms with Crippen molar-refractivity contribution in [2.45, 2.75) is 33.0 Å². The molecule has 2 aromatic carbocycles. The van der Waals surface area contributed by atoms with Crippen molar-refractivity contribution < 1.29 is 8.91 Å². The lowest BCUT2D eigenvalue weighted by Gasteiger charge is -2.33. The van der Waals surface area contributed by atoms with Gasteiger partial charge < -0.3 is 4.52 Å². The molecule has 0 unspecified atom stereocenters. The number of halogens is 1. The average molecular weight is 494 g/mol. The van der Waals surface area contributed by atoms with Crippen LogP contribution < -0.4 is 0 Å². The standard InChI is InChI=1S/C25H28FN7OS/c1-18(2)23-27-22(34-29-23)16-30-12-14-31(15-13-30)17-32-25(35)33(21-10-8-20(26)9-11-21)24(28-32)19-6-4-3-5-7-19/h3-11,18H,12-17H2,1-2H3. The van der Waals surface area contributed by atoms with Crippen LogP contribution in [-0.4, -0.2) is 60.5 Å². The van der Waals surface area contributed by atoms with Gasteiger partial charge in [0, 0.05) is 37.7 Å². The maximum absolute atomic E-state index is 13.6. The fraction of sp³-hybridized carbons (Fsp3) is 0.360. The van der Waals surface area contributed by atoms with Crippen molar-refractivity contribution in [3.05, 3.63) is 76.9 Å². The molecule has 0 spiro atoms. The molecule has 0 atom stereocenters. The summed E-state index contributed by atoms with van der Waals surface area (Å²) in [5.41, 5.74) is 1.73. The molecule has 35 heavy (non-hydrogen) atoms. The van der Waals surface area contributed by atoms with Crippen LogP contribution >= 0.6 is 12.2 Å². The zero-order chi connectivity index (χ0) is 24.4. The molecule has 1 aliphatic rings. The summed E-state index contributed by atoms with van der Waals surface area (Å²) in [6, 6.07) is 16.2. The summed E-state index contributed by atoms with van der Waals surface area (Å²) in [5, 5.41) is 8.93. The van der Waals surface area contributed by atoms with Gasteiger partial charge in [-0.05, 0) is 36.5 Å². The number of piperazine rings is 1. The van der Waals surface area contributed by atoms with Crippen molar-refractivity contribution in [1.29, 1.82) is 0 Å². The largest absolute Gasteiger partial charge is 0.338 e. The minimum atomic E-state index is -0.284. The third-order valence-electron chi connectivity index (χ3n) is 6.11. The van der Waals surface area contributed by atoms with Crippen LogP contribution in [0.3, 0.4) is 0 Å². The number of nitrogens with zero attached hydrogens (tertiary/aromatic N) is 7. The summed E-state index contributed by atoms with van der Waals surface area (Å²) in [7, 11) is 0. The van der Waals surface area contributed by atoms with Gasteiger partial charge >= 0.3 is 0 Å². The lowest BCUT2D eigenvalue weighted by atomic mass is 10.2. The first kappa shape index (κ1) is 23.5. The Hall–Kier alpha value is -3.21. The number of hydrogen-bond acceptors (Lipinski definition) is 7. The highest BCUT2D eigenvalue weighted by Crippen LogP contribution is 2.23. The van der Waals surface area contributed by atoms with Crippen molar-refractivity contribution in [2.75, 3.05) is 26.2 Å². The predicted molar refractivity (Wildman–Crippen MR) is 133 cm³/mol. The number of benzene rings is 2. The Kier molecular flexibility index (Phi) is 6.85. The summed E-state index contributed by atoms with van der Waals surface area (Å²) in [4.78, 5) is 9.14. The van der Waals surface area contributed by atoms with Crippen LogP contribution in [0.25, 0.3) is 17.1 Å². The van der Waals surface area contributed by atoms with Gasteiger partial charge in [-0.15, -0.1) is 5.10 Å². The fourth-order valence-corrected chi connectivity index (χ4v) is 4.42. The molecule has 5 rings (SSSR count). The molecule has 2 aromatic heterocycles. The van der Waals surface area contributed by atoms with Crippen LogP contribution in [0.2, 0.25) is 0 Å². The van der Waals surface area contributed by atoms with Gasteiger partial charge in [-0.2, -0.15) is 4.98 Å². The van der Waals surface area contributed by atoms with E-state index in [1.165, 1.54) is 12.1 Å². The molecule has 0 bridgehead atoms. The van der Waals surface area contributed by atoms with Crippen LogP contribution in [0.4, 0.5) is 4.39 Å². The topological polar surface area (TPSA) is 68.2 Å². The Labute approximate surface area is 208 Å². The van der Waals surface area contributed by atoms with Crippen molar-refractivity contribution >= 4 is 12.2 Å². The van der Waals surface area contributed by atoms with E-state index in [1.54, 1.807) is 12.1 Å². The molecule has 0 radical (unpaired) electrons. The predicted octanol–water partition coefficient (Wildman–Crippen LogP) is 4.49. The first-order valence-electron chi connectivity index (χ1n) is 11.8. The Morgan fingerprint density at radius 3 is 2.31 bits per heavy atom. The zero-order valence-electron chi connectivity index (χ0n) is 19.8. The van der Waals surface area contributed by atoms with Gasteiger partial charge in [-0.1, -0.05) is 49.3 Å². The summed E-state index contributed by atoms with van der Waals surface area (Å²) < 4.78 is 23.3. The molecule has 0 amide bonds. The highest BCUT2D eigenvalue weighted by Gasteiger charge is 2.22. The average Bonchev–Trinajstić information content (AvgIpc) is 3.46. The van der Waals surface area contributed by atoms with Gasteiger partial charge in [0.05, 0.1) is 18.9 Å². The van der Waals surface area contributed by atoms with E-state index in [-0.39, 0.29) is 11.7 Å². The van der Waals surface area contributed by atoms with E-state index in [1.807, 2.05) is 39.6 Å². The highest BCUT2D eigenvalue weighted by molar-refractivity contribution is 7.71. The van der Waals surface area contributed by atoms with E-state index >= 15 is 0 Å². The summed E-state index contributed by atoms with van der Waals surface area (Å²) in [5.74, 6) is 2.12. The SMILES string of the molecule is CC(C)c1noc(CN2CCN(Cn3nc(-c4ccccc4)n(-c4ccc(F)cc4)c3=S)CC2)n1. The van der Waals surface area contributed by atoms with Gasteiger partial charge in [-0.3, -0.25) is 14.4 Å². The normalized spacial score (nSPS) is 15.2. The van der Waals surface area contributed by atoms with E-state index < -0.39 is 0 Å². The van der Waals surface area contributed by atoms with Gasteiger partial charge in [0.2, 0.25) is 10.7 Å². The van der Waals surface area contributed by atoms with Crippen molar-refractivity contribution in [3.8, 4) is 17.1 Å². The molecule has 0 N–H and O–H groups in total. The van der Waals surface area contributed by atoms with E-state index in [0.717, 1.165) is 49.1 Å².